The number of anilines is 1. The van der Waals surface area contributed by atoms with E-state index in [9.17, 15) is 4.39 Å². The molecule has 94 valence electrons. The van der Waals surface area contributed by atoms with E-state index in [-0.39, 0.29) is 12.4 Å². The molecule has 2 aromatic rings. The van der Waals surface area contributed by atoms with Crippen molar-refractivity contribution < 1.29 is 9.13 Å². The van der Waals surface area contributed by atoms with Gasteiger partial charge in [0.05, 0.1) is 5.02 Å². The Kier molecular flexibility index (Phi) is 4.09. The summed E-state index contributed by atoms with van der Waals surface area (Å²) in [6, 6.07) is 9.40. The van der Waals surface area contributed by atoms with Gasteiger partial charge in [0.2, 0.25) is 0 Å². The highest BCUT2D eigenvalue weighted by Crippen LogP contribution is 2.28. The SMILES string of the molecule is Nc1ccc(Cl)c(OCc2cc(F)ccc2Br)c1. The van der Waals surface area contributed by atoms with E-state index in [4.69, 9.17) is 22.1 Å². The van der Waals surface area contributed by atoms with E-state index in [1.54, 1.807) is 24.3 Å². The number of rotatable bonds is 3. The molecule has 18 heavy (non-hydrogen) atoms. The molecule has 2 nitrogen and oxygen atoms in total. The second kappa shape index (κ2) is 5.59. The molecular formula is C13H10BrClFNO. The summed E-state index contributed by atoms with van der Waals surface area (Å²) in [7, 11) is 0. The van der Waals surface area contributed by atoms with Gasteiger partial charge in [-0.2, -0.15) is 0 Å². The summed E-state index contributed by atoms with van der Waals surface area (Å²) in [6.07, 6.45) is 0. The molecule has 0 bridgehead atoms. The molecule has 0 fully saturated rings. The summed E-state index contributed by atoms with van der Waals surface area (Å²) in [5, 5.41) is 0.469. The Hall–Kier alpha value is -1.26. The van der Waals surface area contributed by atoms with Crippen LogP contribution in [0, 0.1) is 5.82 Å². The number of nitrogen functional groups attached to an aromatic ring is 1. The van der Waals surface area contributed by atoms with E-state index in [1.165, 1.54) is 12.1 Å². The molecule has 0 aliphatic rings. The lowest BCUT2D eigenvalue weighted by molar-refractivity contribution is 0.305. The molecular weight excluding hydrogens is 321 g/mol. The van der Waals surface area contributed by atoms with E-state index in [1.807, 2.05) is 0 Å². The molecule has 0 saturated heterocycles. The van der Waals surface area contributed by atoms with Crippen molar-refractivity contribution in [2.24, 2.45) is 0 Å². The van der Waals surface area contributed by atoms with Crippen molar-refractivity contribution in [2.45, 2.75) is 6.61 Å². The molecule has 0 aliphatic carbocycles. The first kappa shape index (κ1) is 13.2. The Morgan fingerprint density at radius 2 is 2.00 bits per heavy atom. The van der Waals surface area contributed by atoms with Crippen LogP contribution in [0.5, 0.6) is 5.75 Å². The largest absolute Gasteiger partial charge is 0.487 e. The molecule has 0 atom stereocenters. The van der Waals surface area contributed by atoms with Crippen molar-refractivity contribution in [1.82, 2.24) is 0 Å². The van der Waals surface area contributed by atoms with Crippen molar-refractivity contribution >= 4 is 33.2 Å². The van der Waals surface area contributed by atoms with Crippen molar-refractivity contribution in [3.63, 3.8) is 0 Å². The Labute approximate surface area is 118 Å². The standard InChI is InChI=1S/C13H10BrClFNO/c14-11-3-1-9(16)5-8(11)7-18-13-6-10(17)2-4-12(13)15/h1-6H,7,17H2. The summed E-state index contributed by atoms with van der Waals surface area (Å²) in [5.74, 6) is 0.170. The van der Waals surface area contributed by atoms with Gasteiger partial charge in [-0.05, 0) is 30.3 Å². The van der Waals surface area contributed by atoms with Crippen molar-refractivity contribution in [1.29, 1.82) is 0 Å². The predicted octanol–water partition coefficient (Wildman–Crippen LogP) is 4.40. The number of benzene rings is 2. The molecule has 0 saturated carbocycles. The maximum atomic E-state index is 13.1. The Morgan fingerprint density at radius 3 is 2.78 bits per heavy atom. The number of ether oxygens (including phenoxy) is 1. The number of hydrogen-bond acceptors (Lipinski definition) is 2. The highest BCUT2D eigenvalue weighted by atomic mass is 79.9. The lowest BCUT2D eigenvalue weighted by atomic mass is 10.2. The molecule has 0 aliphatic heterocycles. The van der Waals surface area contributed by atoms with E-state index in [2.05, 4.69) is 15.9 Å². The van der Waals surface area contributed by atoms with Crippen LogP contribution >= 0.6 is 27.5 Å². The lowest BCUT2D eigenvalue weighted by Crippen LogP contribution is -1.98. The average Bonchev–Trinajstić information content (AvgIpc) is 2.34. The fourth-order valence-electron chi connectivity index (χ4n) is 1.44. The highest BCUT2D eigenvalue weighted by molar-refractivity contribution is 9.10. The first-order valence-electron chi connectivity index (χ1n) is 5.18. The van der Waals surface area contributed by atoms with Gasteiger partial charge in [-0.25, -0.2) is 4.39 Å². The molecule has 0 aromatic heterocycles. The first-order valence-corrected chi connectivity index (χ1v) is 6.35. The van der Waals surface area contributed by atoms with Gasteiger partial charge in [0.1, 0.15) is 18.2 Å². The summed E-state index contributed by atoms with van der Waals surface area (Å²) in [5.41, 5.74) is 6.91. The van der Waals surface area contributed by atoms with E-state index in [0.29, 0.717) is 22.0 Å². The third-order valence-electron chi connectivity index (χ3n) is 2.35. The van der Waals surface area contributed by atoms with E-state index < -0.39 is 0 Å². The zero-order valence-corrected chi connectivity index (χ0v) is 11.6. The lowest BCUT2D eigenvalue weighted by Gasteiger charge is -2.10. The molecule has 0 radical (unpaired) electrons. The monoisotopic (exact) mass is 329 g/mol. The Bertz CT molecular complexity index is 525. The van der Waals surface area contributed by atoms with Crippen LogP contribution in [0.3, 0.4) is 0 Å². The summed E-state index contributed by atoms with van der Waals surface area (Å²) >= 11 is 9.30. The quantitative estimate of drug-likeness (QED) is 0.846. The average molecular weight is 331 g/mol. The Morgan fingerprint density at radius 1 is 1.22 bits per heavy atom. The zero-order valence-electron chi connectivity index (χ0n) is 9.29. The van der Waals surface area contributed by atoms with Gasteiger partial charge < -0.3 is 10.5 Å². The highest BCUT2D eigenvalue weighted by Gasteiger charge is 2.06. The second-order valence-corrected chi connectivity index (χ2v) is 4.98. The van der Waals surface area contributed by atoms with E-state index in [0.717, 1.165) is 4.47 Å². The minimum atomic E-state index is -0.310. The Balaban J connectivity index is 2.16. The van der Waals surface area contributed by atoms with Gasteiger partial charge in [0.25, 0.3) is 0 Å². The third kappa shape index (κ3) is 3.15. The van der Waals surface area contributed by atoms with Crippen LogP contribution in [0.1, 0.15) is 5.56 Å². The van der Waals surface area contributed by atoms with Crippen LogP contribution in [-0.4, -0.2) is 0 Å². The van der Waals surface area contributed by atoms with Crippen molar-refractivity contribution in [2.75, 3.05) is 5.73 Å². The van der Waals surface area contributed by atoms with Gasteiger partial charge in [-0.15, -0.1) is 0 Å². The molecule has 2 N–H and O–H groups in total. The summed E-state index contributed by atoms with van der Waals surface area (Å²) < 4.78 is 19.4. The zero-order chi connectivity index (χ0) is 13.1. The maximum Gasteiger partial charge on any atom is 0.140 e. The van der Waals surface area contributed by atoms with Crippen molar-refractivity contribution in [3.8, 4) is 5.75 Å². The fourth-order valence-corrected chi connectivity index (χ4v) is 1.97. The molecule has 0 spiro atoms. The van der Waals surface area contributed by atoms with Gasteiger partial charge >= 0.3 is 0 Å². The van der Waals surface area contributed by atoms with Gasteiger partial charge in [-0.3, -0.25) is 0 Å². The van der Waals surface area contributed by atoms with Crippen LogP contribution in [0.25, 0.3) is 0 Å². The van der Waals surface area contributed by atoms with Gasteiger partial charge in [-0.1, -0.05) is 27.5 Å². The molecule has 0 amide bonds. The summed E-state index contributed by atoms with van der Waals surface area (Å²) in [4.78, 5) is 0. The van der Waals surface area contributed by atoms with Gasteiger partial charge in [0, 0.05) is 21.8 Å². The molecule has 2 rings (SSSR count). The summed E-state index contributed by atoms with van der Waals surface area (Å²) in [6.45, 7) is 0.210. The second-order valence-electron chi connectivity index (χ2n) is 3.71. The predicted molar refractivity (Wildman–Crippen MR) is 74.3 cm³/mol. The normalized spacial score (nSPS) is 10.4. The minimum absolute atomic E-state index is 0.210. The van der Waals surface area contributed by atoms with Crippen LogP contribution in [0.4, 0.5) is 10.1 Å². The first-order chi connectivity index (χ1) is 8.56. The van der Waals surface area contributed by atoms with Crippen molar-refractivity contribution in [3.05, 3.63) is 57.3 Å². The van der Waals surface area contributed by atoms with Crippen LogP contribution in [0.15, 0.2) is 40.9 Å². The maximum absolute atomic E-state index is 13.1. The smallest absolute Gasteiger partial charge is 0.140 e. The van der Waals surface area contributed by atoms with Crippen LogP contribution in [0.2, 0.25) is 5.02 Å². The van der Waals surface area contributed by atoms with E-state index >= 15 is 0 Å². The molecule has 0 heterocycles. The number of nitrogens with two attached hydrogens (primary N) is 1. The number of hydrogen-bond donors (Lipinski definition) is 1. The van der Waals surface area contributed by atoms with Gasteiger partial charge in [0.15, 0.2) is 0 Å². The minimum Gasteiger partial charge on any atom is -0.487 e. The molecule has 5 heteroatoms. The van der Waals surface area contributed by atoms with Crippen LogP contribution < -0.4 is 10.5 Å². The third-order valence-corrected chi connectivity index (χ3v) is 3.43. The topological polar surface area (TPSA) is 35.2 Å². The van der Waals surface area contributed by atoms with Crippen LogP contribution in [-0.2, 0) is 6.61 Å². The molecule has 2 aromatic carbocycles. The molecule has 0 unspecified atom stereocenters. The fraction of sp³-hybridized carbons (Fsp3) is 0.0769. The number of halogens is 3.